The molecule has 3 N–H and O–H groups in total. The van der Waals surface area contributed by atoms with Gasteiger partial charge in [-0.1, -0.05) is 35.3 Å². The molecule has 0 radical (unpaired) electrons. The van der Waals surface area contributed by atoms with E-state index in [2.05, 4.69) is 26.1 Å². The molecule has 0 unspecified atom stereocenters. The highest BCUT2D eigenvalue weighted by Gasteiger charge is 2.23. The quantitative estimate of drug-likeness (QED) is 0.284. The second-order valence-corrected chi connectivity index (χ2v) is 7.26. The molecule has 11 nitrogen and oxygen atoms in total. The number of hydrogen-bond acceptors (Lipinski definition) is 9. The van der Waals surface area contributed by atoms with Gasteiger partial charge in [-0.2, -0.15) is 0 Å². The first-order valence-electron chi connectivity index (χ1n) is 9.36. The lowest BCUT2D eigenvalue weighted by atomic mass is 10.2. The Morgan fingerprint density at radius 1 is 1.12 bits per heavy atom. The topological polar surface area (TPSA) is 141 Å². The van der Waals surface area contributed by atoms with E-state index in [1.807, 2.05) is 12.1 Å². The highest BCUT2D eigenvalue weighted by molar-refractivity contribution is 6.35. The summed E-state index contributed by atoms with van der Waals surface area (Å²) in [6, 6.07) is 11.7. The number of nitro groups is 1. The molecule has 0 aliphatic carbocycles. The molecular weight excluding hydrogens is 475 g/mol. The van der Waals surface area contributed by atoms with E-state index in [4.69, 9.17) is 32.7 Å². The molecule has 1 aromatic heterocycles. The molecule has 0 saturated heterocycles. The number of ether oxygens (including phenoxy) is 2. The molecule has 0 saturated carbocycles. The summed E-state index contributed by atoms with van der Waals surface area (Å²) in [6.07, 6.45) is 1.13. The number of hydrogen-bond donors (Lipinski definition) is 3. The lowest BCUT2D eigenvalue weighted by Gasteiger charge is -2.12. The summed E-state index contributed by atoms with van der Waals surface area (Å²) < 4.78 is 10.4. The van der Waals surface area contributed by atoms with Crippen LogP contribution in [0.3, 0.4) is 0 Å². The SMILES string of the molecule is COc1ccc(CNc2ncnc(NNC(=O)COc3ccc(Cl)cc3Cl)c2[N+](=O)[O-])cc1. The minimum Gasteiger partial charge on any atom is -0.497 e. The van der Waals surface area contributed by atoms with Crippen molar-refractivity contribution in [1.82, 2.24) is 15.4 Å². The van der Waals surface area contributed by atoms with Crippen molar-refractivity contribution in [3.63, 3.8) is 0 Å². The maximum Gasteiger partial charge on any atom is 0.354 e. The third-order valence-corrected chi connectivity index (χ3v) is 4.73. The fourth-order valence-electron chi connectivity index (χ4n) is 2.60. The van der Waals surface area contributed by atoms with Crippen molar-refractivity contribution < 1.29 is 19.2 Å². The first kappa shape index (κ1) is 23.8. The summed E-state index contributed by atoms with van der Waals surface area (Å²) >= 11 is 11.8. The summed E-state index contributed by atoms with van der Waals surface area (Å²) in [6.45, 7) is -0.140. The van der Waals surface area contributed by atoms with Crippen molar-refractivity contribution in [2.75, 3.05) is 24.5 Å². The van der Waals surface area contributed by atoms with E-state index in [0.29, 0.717) is 10.8 Å². The molecule has 2 aromatic carbocycles. The van der Waals surface area contributed by atoms with Crippen LogP contribution in [0, 0.1) is 10.1 Å². The minimum absolute atomic E-state index is 0.0215. The maximum atomic E-state index is 12.1. The number of carbonyl (C=O) groups excluding carboxylic acids is 1. The smallest absolute Gasteiger partial charge is 0.354 e. The van der Waals surface area contributed by atoms with E-state index < -0.39 is 23.1 Å². The summed E-state index contributed by atoms with van der Waals surface area (Å²) in [5.74, 6) is 0.101. The molecule has 0 spiro atoms. The van der Waals surface area contributed by atoms with Crippen molar-refractivity contribution >= 4 is 46.4 Å². The Labute approximate surface area is 198 Å². The van der Waals surface area contributed by atoms with E-state index in [0.717, 1.165) is 11.9 Å². The number of nitrogens with one attached hydrogen (secondary N) is 3. The van der Waals surface area contributed by atoms with Crippen LogP contribution in [0.25, 0.3) is 0 Å². The highest BCUT2D eigenvalue weighted by Crippen LogP contribution is 2.29. The van der Waals surface area contributed by atoms with Crippen LogP contribution in [-0.2, 0) is 11.3 Å². The largest absolute Gasteiger partial charge is 0.497 e. The van der Waals surface area contributed by atoms with E-state index in [1.165, 1.54) is 12.1 Å². The zero-order valence-electron chi connectivity index (χ0n) is 17.2. The predicted molar refractivity (Wildman–Crippen MR) is 123 cm³/mol. The third-order valence-electron chi connectivity index (χ3n) is 4.20. The fraction of sp³-hybridized carbons (Fsp3) is 0.150. The lowest BCUT2D eigenvalue weighted by molar-refractivity contribution is -0.383. The van der Waals surface area contributed by atoms with E-state index in [-0.39, 0.29) is 29.0 Å². The van der Waals surface area contributed by atoms with Gasteiger partial charge in [-0.05, 0) is 35.9 Å². The van der Waals surface area contributed by atoms with Gasteiger partial charge in [-0.25, -0.2) is 9.97 Å². The van der Waals surface area contributed by atoms with Crippen LogP contribution in [0.4, 0.5) is 17.3 Å². The van der Waals surface area contributed by atoms with Gasteiger partial charge in [0, 0.05) is 11.6 Å². The maximum absolute atomic E-state index is 12.1. The van der Waals surface area contributed by atoms with Crippen molar-refractivity contribution in [2.45, 2.75) is 6.54 Å². The average Bonchev–Trinajstić information content (AvgIpc) is 2.81. The Bertz CT molecular complexity index is 1150. The van der Waals surface area contributed by atoms with Gasteiger partial charge in [0.2, 0.25) is 11.6 Å². The Hall–Kier alpha value is -3.83. The molecule has 0 aliphatic rings. The first-order valence-corrected chi connectivity index (χ1v) is 10.1. The number of methoxy groups -OCH3 is 1. The van der Waals surface area contributed by atoms with Gasteiger partial charge in [-0.3, -0.25) is 25.8 Å². The molecule has 3 rings (SSSR count). The van der Waals surface area contributed by atoms with Crippen molar-refractivity contribution in [2.24, 2.45) is 0 Å². The van der Waals surface area contributed by atoms with Gasteiger partial charge < -0.3 is 14.8 Å². The Kier molecular flexibility index (Phi) is 8.06. The molecule has 1 heterocycles. The van der Waals surface area contributed by atoms with Crippen LogP contribution in [0.2, 0.25) is 10.0 Å². The second-order valence-electron chi connectivity index (χ2n) is 6.41. The number of nitrogens with zero attached hydrogens (tertiary/aromatic N) is 3. The number of anilines is 2. The van der Waals surface area contributed by atoms with Crippen LogP contribution < -0.4 is 25.6 Å². The van der Waals surface area contributed by atoms with Crippen LogP contribution in [0.15, 0.2) is 48.8 Å². The third kappa shape index (κ3) is 6.57. The van der Waals surface area contributed by atoms with Crippen LogP contribution in [-0.4, -0.2) is 34.5 Å². The number of amides is 1. The molecule has 0 fully saturated rings. The molecule has 0 bridgehead atoms. The fourth-order valence-corrected chi connectivity index (χ4v) is 3.07. The molecule has 33 heavy (non-hydrogen) atoms. The van der Waals surface area contributed by atoms with E-state index in [1.54, 1.807) is 25.3 Å². The second kappa shape index (κ2) is 11.2. The summed E-state index contributed by atoms with van der Waals surface area (Å²) in [5.41, 5.74) is 5.13. The van der Waals surface area contributed by atoms with Gasteiger partial charge in [0.1, 0.15) is 17.8 Å². The minimum atomic E-state index is -0.658. The predicted octanol–water partition coefficient (Wildman–Crippen LogP) is 3.83. The van der Waals surface area contributed by atoms with Crippen LogP contribution in [0.1, 0.15) is 5.56 Å². The van der Waals surface area contributed by atoms with Crippen molar-refractivity contribution in [3.05, 3.63) is 74.5 Å². The molecule has 172 valence electrons. The van der Waals surface area contributed by atoms with Gasteiger partial charge in [0.05, 0.1) is 17.1 Å². The monoisotopic (exact) mass is 492 g/mol. The Morgan fingerprint density at radius 3 is 2.52 bits per heavy atom. The lowest BCUT2D eigenvalue weighted by Crippen LogP contribution is -2.34. The zero-order valence-corrected chi connectivity index (χ0v) is 18.7. The zero-order chi connectivity index (χ0) is 23.8. The molecule has 13 heteroatoms. The van der Waals surface area contributed by atoms with Crippen molar-refractivity contribution in [1.29, 1.82) is 0 Å². The van der Waals surface area contributed by atoms with Gasteiger partial charge in [0.25, 0.3) is 5.91 Å². The standard InChI is InChI=1S/C20H18Cl2N6O5/c1-32-14-5-2-12(3-6-14)9-23-19-18(28(30)31)20(25-11-24-19)27-26-17(29)10-33-16-7-4-13(21)8-15(16)22/h2-8,11H,9-10H2,1H3,(H,26,29)(H2,23,24,25,27). The number of hydrazine groups is 1. The molecule has 0 atom stereocenters. The summed E-state index contributed by atoms with van der Waals surface area (Å²) in [4.78, 5) is 30.8. The Balaban J connectivity index is 1.62. The van der Waals surface area contributed by atoms with Crippen LogP contribution in [0.5, 0.6) is 11.5 Å². The summed E-state index contributed by atoms with van der Waals surface area (Å²) in [5, 5.41) is 15.2. The highest BCUT2D eigenvalue weighted by atomic mass is 35.5. The summed E-state index contributed by atoms with van der Waals surface area (Å²) in [7, 11) is 1.56. The van der Waals surface area contributed by atoms with Gasteiger partial charge in [-0.15, -0.1) is 0 Å². The van der Waals surface area contributed by atoms with Crippen molar-refractivity contribution in [3.8, 4) is 11.5 Å². The normalized spacial score (nSPS) is 10.3. The average molecular weight is 493 g/mol. The van der Waals surface area contributed by atoms with E-state index >= 15 is 0 Å². The number of benzene rings is 2. The molecule has 0 aliphatic heterocycles. The van der Waals surface area contributed by atoms with E-state index in [9.17, 15) is 14.9 Å². The molecule has 3 aromatic rings. The number of rotatable bonds is 10. The molecular formula is C20H18Cl2N6O5. The molecule has 1 amide bonds. The Morgan fingerprint density at radius 2 is 1.85 bits per heavy atom. The number of halogens is 2. The van der Waals surface area contributed by atoms with Crippen LogP contribution >= 0.6 is 23.2 Å². The first-order chi connectivity index (χ1) is 15.9. The van der Waals surface area contributed by atoms with Gasteiger partial charge in [0.15, 0.2) is 6.61 Å². The number of carbonyl (C=O) groups is 1. The number of aromatic nitrogens is 2. The van der Waals surface area contributed by atoms with Gasteiger partial charge >= 0.3 is 5.69 Å².